The van der Waals surface area contributed by atoms with Crippen LogP contribution >= 0.6 is 39.1 Å². The highest BCUT2D eigenvalue weighted by Gasteiger charge is 2.24. The van der Waals surface area contributed by atoms with Gasteiger partial charge >= 0.3 is 0 Å². The Morgan fingerprint density at radius 3 is 0.724 bits per heavy atom. The van der Waals surface area contributed by atoms with Crippen molar-refractivity contribution in [2.45, 2.75) is 0 Å². The summed E-state index contributed by atoms with van der Waals surface area (Å²) in [5.74, 6) is -0.240. The van der Waals surface area contributed by atoms with E-state index in [9.17, 15) is 14.5 Å². The van der Waals surface area contributed by atoms with Gasteiger partial charge in [-0.3, -0.25) is 10.1 Å². The van der Waals surface area contributed by atoms with Crippen LogP contribution in [0.4, 0.5) is 10.1 Å². The summed E-state index contributed by atoms with van der Waals surface area (Å²) in [7, 11) is 0. The Morgan fingerprint density at radius 1 is 0.221 bits per heavy atom. The third-order valence-electron chi connectivity index (χ3n) is 26.8. The van der Waals surface area contributed by atoms with Crippen LogP contribution in [-0.2, 0) is 0 Å². The minimum Gasteiger partial charge on any atom is -0.315 e. The van der Waals surface area contributed by atoms with Crippen molar-refractivity contribution < 1.29 is 9.31 Å². The van der Waals surface area contributed by atoms with E-state index >= 15 is 0 Å². The summed E-state index contributed by atoms with van der Waals surface area (Å²) in [4.78, 5) is 40.2. The normalized spacial score (nSPS) is 11.5. The number of nitrogens with zero attached hydrogens (tertiary/aromatic N) is 13. The van der Waals surface area contributed by atoms with Crippen molar-refractivity contribution in [2.24, 2.45) is 0 Å². The molecule has 0 amide bonds. The number of hydrogen-bond acceptors (Lipinski definition) is 8. The third-order valence-corrected chi connectivity index (χ3v) is 27.8. The van der Waals surface area contributed by atoms with Gasteiger partial charge in [0, 0.05) is 195 Å². The van der Waals surface area contributed by atoms with Crippen molar-refractivity contribution in [1.29, 1.82) is 0 Å². The highest BCUT2D eigenvalue weighted by molar-refractivity contribution is 9.10. The third kappa shape index (κ3) is 16.3. The number of para-hydroxylation sites is 6. The molecule has 0 atom stereocenters. The number of halogens is 4. The molecule has 0 aliphatic heterocycles. The zero-order valence-corrected chi connectivity index (χ0v) is 80.4. The van der Waals surface area contributed by atoms with Crippen LogP contribution in [0.25, 0.3) is 231 Å². The molecule has 30 rings (SSSR count). The van der Waals surface area contributed by atoms with Crippen molar-refractivity contribution in [1.82, 2.24) is 56.3 Å². The number of non-ortho nitro benzene ring substituents is 1. The fourth-order valence-corrected chi connectivity index (χ4v) is 20.8. The summed E-state index contributed by atoms with van der Waals surface area (Å²) in [5, 5.41) is 26.6. The van der Waals surface area contributed by atoms with Crippen LogP contribution in [0.5, 0.6) is 0 Å². The average molecular weight is 1980 g/mol. The summed E-state index contributed by atoms with van der Waals surface area (Å²) in [6.07, 6.45) is 12.5. The van der Waals surface area contributed by atoms with E-state index in [0.717, 1.165) is 181 Å². The Bertz CT molecular complexity index is 9880. The molecule has 19 heteroatoms. The van der Waals surface area contributed by atoms with Gasteiger partial charge in [-0.25, -0.2) is 34.3 Å². The molecule has 0 N–H and O–H groups in total. The van der Waals surface area contributed by atoms with Gasteiger partial charge in [-0.15, -0.1) is 0 Å². The molecule has 0 radical (unpaired) electrons. The SMILES string of the molecule is Brc1ccc(-c2nc3ccccc3c3cc4ccccn4c23)cc1.Clc1ccc(-c2nc3ccccc3c3cc4ccccn4c23)cc1.Clc1cccc(-c2nc3ccccc3c3cc4ccccn4c23)c1.Fc1ccc(-c2nc3ccccc3c3cc4ccccn4c23)cc1.O=[N+]([O-])c1ccc(-c2nc3ccccc3c3cc4ccccn4c23)cc1.c1ccc(-c2nc3ccccc3c3cc4ccccn4c23)cc1. The van der Waals surface area contributed by atoms with Crippen LogP contribution in [0.3, 0.4) is 0 Å². The first-order valence-electron chi connectivity index (χ1n) is 47.4. The van der Waals surface area contributed by atoms with Gasteiger partial charge in [0.05, 0.1) is 105 Å². The Balaban J connectivity index is 0.0000000909. The van der Waals surface area contributed by atoms with E-state index in [0.29, 0.717) is 0 Å². The molecule has 30 aromatic rings. The predicted octanol–water partition coefficient (Wildman–Crippen LogP) is 34.0. The number of fused-ring (bicyclic) bond motifs is 30. The van der Waals surface area contributed by atoms with Gasteiger partial charge in [-0.2, -0.15) is 0 Å². The first-order valence-corrected chi connectivity index (χ1v) is 49.0. The Hall–Kier alpha value is -18.4. The van der Waals surface area contributed by atoms with Gasteiger partial charge in [-0.05, 0) is 218 Å². The topological polar surface area (TPSA) is 147 Å². The maximum atomic E-state index is 13.3. The van der Waals surface area contributed by atoms with Crippen molar-refractivity contribution in [3.63, 3.8) is 0 Å². The largest absolute Gasteiger partial charge is 0.315 e. The lowest BCUT2D eigenvalue weighted by molar-refractivity contribution is -0.384. The van der Waals surface area contributed by atoms with Crippen LogP contribution in [0.15, 0.2) is 484 Å². The second kappa shape index (κ2) is 37.3. The van der Waals surface area contributed by atoms with Gasteiger partial charge in [-0.1, -0.05) is 251 Å². The zero-order chi connectivity index (χ0) is 97.3. The first kappa shape index (κ1) is 88.1. The summed E-state index contributed by atoms with van der Waals surface area (Å²) < 4.78 is 27.5. The molecule has 12 aromatic carbocycles. The Labute approximate surface area is 846 Å². The maximum absolute atomic E-state index is 13.3. The lowest BCUT2D eigenvalue weighted by Gasteiger charge is -2.08. The highest BCUT2D eigenvalue weighted by Crippen LogP contribution is 2.44. The number of pyridine rings is 12. The summed E-state index contributed by atoms with van der Waals surface area (Å²) >= 11 is 15.8. The number of benzene rings is 12. The minimum absolute atomic E-state index is 0.0748. The molecule has 0 saturated heterocycles. The standard InChI is InChI=1S/C21H13BrN2.2C21H13ClN2.C21H13FN2.C21H13N3O2.C21H14N2/c22-15-10-8-14(9-11-15)20-21-18(13-16-5-3-4-12-24(16)21)17-6-1-2-7-19(17)23-20;22-15-7-5-6-14(12-15)20-21-18(13-16-8-3-4-11-24(16)21)17-9-1-2-10-19(17)23-20;2*22-15-10-8-14(9-11-15)20-21-18(13-16-5-3-4-12-24(16)21)17-6-1-2-7-19(17)23-20;25-24(26)15-10-8-14(9-11-15)20-21-18(13-16-5-3-4-12-23(16)21)17-6-1-2-7-19(17)22-20;1-2-8-15(9-3-1)20-21-18(14-16-10-6-7-13-23(16)21)17-11-4-5-12-19(17)22-20/h4*1-13H;1-13H;1-14H. The van der Waals surface area contributed by atoms with Gasteiger partial charge < -0.3 is 26.4 Å². The molecular weight excluding hydrogens is 1900 g/mol. The van der Waals surface area contributed by atoms with E-state index in [-0.39, 0.29) is 16.4 Å². The van der Waals surface area contributed by atoms with Crippen LogP contribution in [-0.4, -0.2) is 61.2 Å². The molecule has 0 bridgehead atoms. The van der Waals surface area contributed by atoms with Crippen molar-refractivity contribution in [2.75, 3.05) is 0 Å². The molecule has 0 spiro atoms. The smallest absolute Gasteiger partial charge is 0.269 e. The van der Waals surface area contributed by atoms with E-state index in [4.69, 9.17) is 53.1 Å². The number of rotatable bonds is 7. The fraction of sp³-hybridized carbons (Fsp3) is 0. The molecule has 145 heavy (non-hydrogen) atoms. The van der Waals surface area contributed by atoms with Crippen LogP contribution in [0.2, 0.25) is 10.0 Å². The van der Waals surface area contributed by atoms with Crippen LogP contribution in [0, 0.1) is 15.9 Å². The van der Waals surface area contributed by atoms with Gasteiger partial charge in [0.2, 0.25) is 0 Å². The highest BCUT2D eigenvalue weighted by atomic mass is 79.9. The summed E-state index contributed by atoms with van der Waals surface area (Å²) in [6, 6.07) is 148. The molecule has 0 saturated carbocycles. The predicted molar refractivity (Wildman–Crippen MR) is 598 cm³/mol. The second-order valence-electron chi connectivity index (χ2n) is 35.5. The lowest BCUT2D eigenvalue weighted by Crippen LogP contribution is -1.93. The average Bonchev–Trinajstić information content (AvgIpc) is 1.64. The molecule has 0 aliphatic rings. The van der Waals surface area contributed by atoms with Crippen molar-refractivity contribution >= 4 is 209 Å². The number of hydrogen-bond donors (Lipinski definition) is 0. The van der Waals surface area contributed by atoms with E-state index in [2.05, 4.69) is 316 Å². The van der Waals surface area contributed by atoms with Crippen LogP contribution in [0.1, 0.15) is 0 Å². The number of aromatic nitrogens is 12. The van der Waals surface area contributed by atoms with E-state index in [1.165, 1.54) is 89.4 Å². The molecular formula is C126H79BrCl2FN13O2. The van der Waals surface area contributed by atoms with Crippen molar-refractivity contribution in [3.05, 3.63) is 510 Å². The molecule has 18 heterocycles. The lowest BCUT2D eigenvalue weighted by atomic mass is 10.0. The molecule has 0 aliphatic carbocycles. The minimum atomic E-state index is -0.389. The quantitative estimate of drug-likeness (QED) is 0.113. The van der Waals surface area contributed by atoms with E-state index in [1.54, 1.807) is 24.3 Å². The molecule has 15 nitrogen and oxygen atoms in total. The number of nitro benzene ring substituents is 1. The maximum Gasteiger partial charge on any atom is 0.269 e. The Kier molecular flexibility index (Phi) is 22.7. The molecule has 0 fully saturated rings. The van der Waals surface area contributed by atoms with E-state index < -0.39 is 0 Å². The van der Waals surface area contributed by atoms with Gasteiger partial charge in [0.1, 0.15) is 5.82 Å². The second-order valence-corrected chi connectivity index (χ2v) is 37.3. The molecule has 688 valence electrons. The fourth-order valence-electron chi connectivity index (χ4n) is 20.3. The summed E-state index contributed by atoms with van der Waals surface area (Å²) in [5.41, 5.74) is 31.4. The van der Waals surface area contributed by atoms with Gasteiger partial charge in [0.25, 0.3) is 5.69 Å². The molecule has 0 unspecified atom stereocenters. The number of nitro groups is 1. The van der Waals surface area contributed by atoms with E-state index in [1.807, 2.05) is 158 Å². The first-order chi connectivity index (χ1) is 71.4. The molecule has 18 aromatic heterocycles. The summed E-state index contributed by atoms with van der Waals surface area (Å²) in [6.45, 7) is 0. The Morgan fingerprint density at radius 2 is 0.448 bits per heavy atom. The van der Waals surface area contributed by atoms with Crippen molar-refractivity contribution in [3.8, 4) is 67.5 Å². The zero-order valence-electron chi connectivity index (χ0n) is 77.3. The monoisotopic (exact) mass is 1970 g/mol. The van der Waals surface area contributed by atoms with Gasteiger partial charge in [0.15, 0.2) is 0 Å². The van der Waals surface area contributed by atoms with Crippen LogP contribution < -0.4 is 0 Å².